The summed E-state index contributed by atoms with van der Waals surface area (Å²) in [6, 6.07) is 36.4. The molecule has 45 heavy (non-hydrogen) atoms. The van der Waals surface area contributed by atoms with Crippen LogP contribution in [-0.2, 0) is 27.2 Å². The predicted molar refractivity (Wildman–Crippen MR) is 178 cm³/mol. The molecule has 0 aliphatic rings. The van der Waals surface area contributed by atoms with Gasteiger partial charge in [0.05, 0.1) is 20.1 Å². The lowest BCUT2D eigenvalue weighted by molar-refractivity contribution is -0.141. The molecule has 1 amide bonds. The molecule has 7 nitrogen and oxygen atoms in total. The van der Waals surface area contributed by atoms with Crippen LogP contribution in [-0.4, -0.2) is 44.0 Å². The number of para-hydroxylation sites is 2. The molecule has 5 aromatic rings. The van der Waals surface area contributed by atoms with Crippen molar-refractivity contribution in [3.8, 4) is 5.75 Å². The number of thiophene rings is 1. The van der Waals surface area contributed by atoms with Crippen molar-refractivity contribution in [2.75, 3.05) is 30.5 Å². The number of esters is 1. The van der Waals surface area contributed by atoms with Crippen molar-refractivity contribution in [2.45, 2.75) is 18.9 Å². The lowest BCUT2D eigenvalue weighted by Crippen LogP contribution is -2.35. The number of ketones is 1. The molecule has 5 rings (SSSR count). The number of carbonyl (C=O) groups excluding carboxylic acids is 3. The van der Waals surface area contributed by atoms with Gasteiger partial charge in [-0.15, -0.1) is 11.3 Å². The number of methoxy groups -OCH3 is 1. The van der Waals surface area contributed by atoms with E-state index in [2.05, 4.69) is 5.32 Å². The molecule has 0 bridgehead atoms. The number of hydrogen-bond donors (Lipinski definition) is 1. The fourth-order valence-corrected chi connectivity index (χ4v) is 5.65. The molecular formula is C37H34N2O5S. The van der Waals surface area contributed by atoms with Gasteiger partial charge < -0.3 is 19.7 Å². The summed E-state index contributed by atoms with van der Waals surface area (Å²) in [6.45, 7) is 0.703. The summed E-state index contributed by atoms with van der Waals surface area (Å²) in [5.41, 5.74) is 3.30. The topological polar surface area (TPSA) is 84.9 Å². The largest absolute Gasteiger partial charge is 0.492 e. The first-order valence-electron chi connectivity index (χ1n) is 14.6. The summed E-state index contributed by atoms with van der Waals surface area (Å²) in [5.74, 6) is 0.0863. The number of anilines is 2. The second-order valence-electron chi connectivity index (χ2n) is 10.3. The maximum absolute atomic E-state index is 13.2. The van der Waals surface area contributed by atoms with Gasteiger partial charge in [-0.3, -0.25) is 9.59 Å². The fourth-order valence-electron chi connectivity index (χ4n) is 4.95. The number of nitrogens with one attached hydrogen (secondary N) is 1. The highest BCUT2D eigenvalue weighted by Gasteiger charge is 2.23. The highest BCUT2D eigenvalue weighted by atomic mass is 32.1. The third kappa shape index (κ3) is 8.46. The minimum atomic E-state index is -0.722. The van der Waals surface area contributed by atoms with Crippen LogP contribution in [0.15, 0.2) is 127 Å². The molecule has 228 valence electrons. The average molecular weight is 619 g/mol. The van der Waals surface area contributed by atoms with Gasteiger partial charge in [-0.1, -0.05) is 78.9 Å². The molecule has 0 unspecified atom stereocenters. The van der Waals surface area contributed by atoms with Gasteiger partial charge in [-0.25, -0.2) is 4.79 Å². The molecule has 8 heteroatoms. The third-order valence-electron chi connectivity index (χ3n) is 7.24. The molecule has 0 saturated carbocycles. The van der Waals surface area contributed by atoms with Gasteiger partial charge in [-0.05, 0) is 53.4 Å². The Balaban J connectivity index is 1.22. The summed E-state index contributed by atoms with van der Waals surface area (Å²) in [7, 11) is 1.35. The van der Waals surface area contributed by atoms with Crippen LogP contribution < -0.4 is 15.0 Å². The lowest BCUT2D eigenvalue weighted by atomic mass is 10.00. The zero-order valence-corrected chi connectivity index (χ0v) is 25.7. The normalized spacial score (nSPS) is 11.3. The number of carbonyl (C=O) groups is 3. The van der Waals surface area contributed by atoms with Gasteiger partial charge in [0.25, 0.3) is 0 Å². The summed E-state index contributed by atoms with van der Waals surface area (Å²) < 4.78 is 11.1. The maximum Gasteiger partial charge on any atom is 0.328 e. The van der Waals surface area contributed by atoms with E-state index in [1.54, 1.807) is 46.6 Å². The lowest BCUT2D eigenvalue weighted by Gasteiger charge is -2.23. The first-order valence-corrected chi connectivity index (χ1v) is 15.5. The number of benzene rings is 4. The van der Waals surface area contributed by atoms with E-state index in [1.807, 2.05) is 96.4 Å². The van der Waals surface area contributed by atoms with Crippen LogP contribution in [0.3, 0.4) is 0 Å². The number of ether oxygens (including phenoxy) is 2. The van der Waals surface area contributed by atoms with Gasteiger partial charge >= 0.3 is 5.97 Å². The van der Waals surface area contributed by atoms with Crippen LogP contribution >= 0.6 is 11.3 Å². The summed E-state index contributed by atoms with van der Waals surface area (Å²) >= 11 is 1.57. The van der Waals surface area contributed by atoms with Crippen molar-refractivity contribution < 1.29 is 23.9 Å². The first-order chi connectivity index (χ1) is 22.0. The second-order valence-corrected chi connectivity index (χ2v) is 11.3. The fraction of sp³-hybridized carbons (Fsp3) is 0.162. The zero-order chi connectivity index (χ0) is 31.4. The van der Waals surface area contributed by atoms with Crippen molar-refractivity contribution in [1.82, 2.24) is 0 Å². The monoisotopic (exact) mass is 618 g/mol. The van der Waals surface area contributed by atoms with E-state index in [-0.39, 0.29) is 11.7 Å². The van der Waals surface area contributed by atoms with Gasteiger partial charge in [0.1, 0.15) is 18.4 Å². The van der Waals surface area contributed by atoms with Crippen LogP contribution in [0.25, 0.3) is 0 Å². The van der Waals surface area contributed by atoms with Crippen LogP contribution in [0.2, 0.25) is 0 Å². The molecule has 0 saturated heterocycles. The van der Waals surface area contributed by atoms with Gasteiger partial charge in [0.15, 0.2) is 5.78 Å². The number of amides is 1. The van der Waals surface area contributed by atoms with Crippen LogP contribution in [0, 0.1) is 0 Å². The molecule has 0 fully saturated rings. The Morgan fingerprint density at radius 2 is 1.49 bits per heavy atom. The highest BCUT2D eigenvalue weighted by Crippen LogP contribution is 2.23. The van der Waals surface area contributed by atoms with E-state index in [1.165, 1.54) is 7.11 Å². The van der Waals surface area contributed by atoms with E-state index in [4.69, 9.17) is 9.47 Å². The standard InChI is InChI=1S/C37H34N2O5S/c1-43-37(42)34(38-33-17-9-8-16-32(33)36(41)28-11-4-2-5-12-28)25-27-18-20-30(21-19-27)44-23-22-39(29-13-6-3-7-14-29)35(40)26-31-15-10-24-45-31/h2-21,24,34,38H,22-23,25-26H2,1H3/t34-/m0/s1. The van der Waals surface area contributed by atoms with Crippen molar-refractivity contribution in [1.29, 1.82) is 0 Å². The van der Waals surface area contributed by atoms with Crippen molar-refractivity contribution in [3.05, 3.63) is 148 Å². The molecule has 0 spiro atoms. The van der Waals surface area contributed by atoms with E-state index in [0.717, 1.165) is 16.1 Å². The molecular weight excluding hydrogens is 584 g/mol. The van der Waals surface area contributed by atoms with Gasteiger partial charge in [0.2, 0.25) is 5.91 Å². The van der Waals surface area contributed by atoms with Crippen LogP contribution in [0.5, 0.6) is 5.75 Å². The Hall–Kier alpha value is -5.21. The predicted octanol–water partition coefficient (Wildman–Crippen LogP) is 6.83. The minimum Gasteiger partial charge on any atom is -0.492 e. The number of nitrogens with zero attached hydrogens (tertiary/aromatic N) is 1. The Kier molecular flexibility index (Phi) is 10.8. The van der Waals surface area contributed by atoms with Crippen molar-refractivity contribution >= 4 is 40.4 Å². The third-order valence-corrected chi connectivity index (χ3v) is 8.12. The van der Waals surface area contributed by atoms with Crippen molar-refractivity contribution in [3.63, 3.8) is 0 Å². The van der Waals surface area contributed by atoms with E-state index < -0.39 is 12.0 Å². The zero-order valence-electron chi connectivity index (χ0n) is 24.9. The second kappa shape index (κ2) is 15.5. The van der Waals surface area contributed by atoms with Crippen LogP contribution in [0.1, 0.15) is 26.4 Å². The molecule has 1 atom stereocenters. The summed E-state index contributed by atoms with van der Waals surface area (Å²) in [5, 5.41) is 5.21. The van der Waals surface area contributed by atoms with Gasteiger partial charge in [0, 0.05) is 33.8 Å². The molecule has 4 aromatic carbocycles. The quantitative estimate of drug-likeness (QED) is 0.109. The van der Waals surface area contributed by atoms with E-state index in [0.29, 0.717) is 48.6 Å². The maximum atomic E-state index is 13.2. The number of rotatable bonds is 14. The summed E-state index contributed by atoms with van der Waals surface area (Å²) in [6.07, 6.45) is 0.668. The first kappa shape index (κ1) is 31.2. The summed E-state index contributed by atoms with van der Waals surface area (Å²) in [4.78, 5) is 41.9. The average Bonchev–Trinajstić information content (AvgIpc) is 3.60. The molecule has 1 heterocycles. The molecule has 0 aliphatic heterocycles. The Bertz CT molecular complexity index is 1690. The van der Waals surface area contributed by atoms with E-state index >= 15 is 0 Å². The molecule has 0 aliphatic carbocycles. The number of hydrogen-bond acceptors (Lipinski definition) is 7. The Labute approximate surface area is 267 Å². The Morgan fingerprint density at radius 1 is 0.800 bits per heavy atom. The van der Waals surface area contributed by atoms with Crippen molar-refractivity contribution in [2.24, 2.45) is 0 Å². The van der Waals surface area contributed by atoms with E-state index in [9.17, 15) is 14.4 Å². The highest BCUT2D eigenvalue weighted by molar-refractivity contribution is 7.10. The smallest absolute Gasteiger partial charge is 0.328 e. The molecule has 1 N–H and O–H groups in total. The molecule has 1 aromatic heterocycles. The SMILES string of the molecule is COC(=O)[C@H](Cc1ccc(OCCN(C(=O)Cc2cccs2)c2ccccc2)cc1)Nc1ccccc1C(=O)c1ccccc1. The minimum absolute atomic E-state index is 0.0102. The van der Waals surface area contributed by atoms with Gasteiger partial charge in [-0.2, -0.15) is 0 Å². The Morgan fingerprint density at radius 3 is 2.18 bits per heavy atom. The van der Waals surface area contributed by atoms with Crippen LogP contribution in [0.4, 0.5) is 11.4 Å². The molecule has 0 radical (unpaired) electrons.